The molecule has 2 aromatic rings. The second kappa shape index (κ2) is 5.49. The molecule has 0 bridgehead atoms. The van der Waals surface area contributed by atoms with Gasteiger partial charge in [0.15, 0.2) is 11.9 Å². The summed E-state index contributed by atoms with van der Waals surface area (Å²) in [7, 11) is 0. The van der Waals surface area contributed by atoms with Crippen molar-refractivity contribution in [1.29, 1.82) is 0 Å². The summed E-state index contributed by atoms with van der Waals surface area (Å²) in [5, 5.41) is 21.4. The Bertz CT molecular complexity index is 566. The van der Waals surface area contributed by atoms with Gasteiger partial charge in [0.05, 0.1) is 0 Å². The van der Waals surface area contributed by atoms with Crippen LogP contribution in [0, 0.1) is 5.82 Å². The minimum Gasteiger partial charge on any atom is -0.506 e. The first-order chi connectivity index (χ1) is 9.09. The fourth-order valence-corrected chi connectivity index (χ4v) is 1.61. The highest BCUT2D eigenvalue weighted by Gasteiger charge is 2.19. The number of benzene rings is 2. The van der Waals surface area contributed by atoms with E-state index < -0.39 is 23.6 Å². The van der Waals surface area contributed by atoms with Crippen molar-refractivity contribution >= 4 is 11.6 Å². The van der Waals surface area contributed by atoms with Crippen molar-refractivity contribution in [3.8, 4) is 5.75 Å². The van der Waals surface area contributed by atoms with Gasteiger partial charge in [0.25, 0.3) is 5.91 Å². The molecule has 0 aliphatic carbocycles. The highest BCUT2D eigenvalue weighted by molar-refractivity contribution is 5.95. The van der Waals surface area contributed by atoms with Crippen LogP contribution < -0.4 is 5.32 Å². The molecule has 0 unspecified atom stereocenters. The molecule has 1 atom stereocenters. The molecule has 0 fully saturated rings. The molecule has 0 aliphatic rings. The molecule has 19 heavy (non-hydrogen) atoms. The van der Waals surface area contributed by atoms with E-state index >= 15 is 0 Å². The lowest BCUT2D eigenvalue weighted by Crippen LogP contribution is -2.21. The number of nitrogens with one attached hydrogen (secondary N) is 1. The Morgan fingerprint density at radius 3 is 2.42 bits per heavy atom. The van der Waals surface area contributed by atoms with Crippen LogP contribution in [0.25, 0.3) is 0 Å². The molecule has 2 rings (SSSR count). The van der Waals surface area contributed by atoms with Gasteiger partial charge in [0, 0.05) is 0 Å². The zero-order valence-electron chi connectivity index (χ0n) is 9.88. The highest BCUT2D eigenvalue weighted by Crippen LogP contribution is 2.27. The molecule has 0 saturated carbocycles. The smallest absolute Gasteiger partial charge is 0.258 e. The number of aromatic hydroxyl groups is 1. The van der Waals surface area contributed by atoms with Crippen molar-refractivity contribution in [2.75, 3.05) is 5.32 Å². The van der Waals surface area contributed by atoms with E-state index in [0.717, 1.165) is 6.07 Å². The summed E-state index contributed by atoms with van der Waals surface area (Å²) in [4.78, 5) is 11.8. The van der Waals surface area contributed by atoms with Gasteiger partial charge >= 0.3 is 0 Å². The molecule has 4 nitrogen and oxygen atoms in total. The van der Waals surface area contributed by atoms with Gasteiger partial charge in [-0.25, -0.2) is 4.39 Å². The number of phenols is 1. The minimum absolute atomic E-state index is 0.345. The lowest BCUT2D eigenvalue weighted by molar-refractivity contribution is -0.124. The molecule has 0 radical (unpaired) electrons. The van der Waals surface area contributed by atoms with Crippen LogP contribution in [0.5, 0.6) is 5.75 Å². The average molecular weight is 261 g/mol. The van der Waals surface area contributed by atoms with Crippen molar-refractivity contribution in [2.24, 2.45) is 0 Å². The van der Waals surface area contributed by atoms with Crippen molar-refractivity contribution in [3.05, 3.63) is 59.9 Å². The normalized spacial score (nSPS) is 11.9. The van der Waals surface area contributed by atoms with Crippen LogP contribution in [-0.4, -0.2) is 16.1 Å². The Kier molecular flexibility index (Phi) is 3.77. The fourth-order valence-electron chi connectivity index (χ4n) is 1.61. The Hall–Kier alpha value is -2.40. The molecule has 98 valence electrons. The summed E-state index contributed by atoms with van der Waals surface area (Å²) in [5.41, 5.74) is 0.0401. The zero-order chi connectivity index (χ0) is 13.8. The van der Waals surface area contributed by atoms with Gasteiger partial charge in [-0.1, -0.05) is 36.4 Å². The number of rotatable bonds is 3. The first-order valence-electron chi connectivity index (χ1n) is 5.61. The second-order valence-corrected chi connectivity index (χ2v) is 3.94. The Balaban J connectivity index is 2.18. The molecule has 0 aliphatic heterocycles. The summed E-state index contributed by atoms with van der Waals surface area (Å²) in [6, 6.07) is 11.9. The molecule has 0 heterocycles. The first-order valence-corrected chi connectivity index (χ1v) is 5.61. The van der Waals surface area contributed by atoms with Gasteiger partial charge < -0.3 is 15.5 Å². The quantitative estimate of drug-likeness (QED) is 0.742. The van der Waals surface area contributed by atoms with E-state index in [9.17, 15) is 19.4 Å². The van der Waals surface area contributed by atoms with Crippen molar-refractivity contribution in [1.82, 2.24) is 0 Å². The van der Waals surface area contributed by atoms with Crippen LogP contribution in [-0.2, 0) is 4.79 Å². The van der Waals surface area contributed by atoms with E-state index in [1.54, 1.807) is 30.3 Å². The van der Waals surface area contributed by atoms with Gasteiger partial charge in [-0.3, -0.25) is 4.79 Å². The van der Waals surface area contributed by atoms with Crippen LogP contribution in [0.3, 0.4) is 0 Å². The number of hydrogen-bond donors (Lipinski definition) is 3. The Morgan fingerprint density at radius 1 is 1.11 bits per heavy atom. The van der Waals surface area contributed by atoms with E-state index in [2.05, 4.69) is 5.32 Å². The number of aliphatic hydroxyl groups excluding tert-OH is 1. The molecule has 0 saturated heterocycles. The van der Waals surface area contributed by atoms with Gasteiger partial charge in [-0.05, 0) is 17.7 Å². The van der Waals surface area contributed by atoms with E-state index in [1.807, 2.05) is 0 Å². The lowest BCUT2D eigenvalue weighted by Gasteiger charge is -2.13. The van der Waals surface area contributed by atoms with Gasteiger partial charge in [0.1, 0.15) is 11.4 Å². The van der Waals surface area contributed by atoms with E-state index in [-0.39, 0.29) is 5.69 Å². The SMILES string of the molecule is O=C(Nc1c(O)cccc1F)[C@@H](O)c1ccccc1. The summed E-state index contributed by atoms with van der Waals surface area (Å²) in [5.74, 6) is -1.98. The molecule has 5 heteroatoms. The number of anilines is 1. The van der Waals surface area contributed by atoms with Crippen LogP contribution in [0.15, 0.2) is 48.5 Å². The maximum atomic E-state index is 13.4. The van der Waals surface area contributed by atoms with Crippen LogP contribution in [0.1, 0.15) is 11.7 Å². The summed E-state index contributed by atoms with van der Waals surface area (Å²) in [6.45, 7) is 0. The molecule has 0 aromatic heterocycles. The average Bonchev–Trinajstić information content (AvgIpc) is 2.43. The Labute approximate surface area is 109 Å². The lowest BCUT2D eigenvalue weighted by atomic mass is 10.1. The van der Waals surface area contributed by atoms with E-state index in [1.165, 1.54) is 12.1 Å². The fraction of sp³-hybridized carbons (Fsp3) is 0.0714. The first kappa shape index (κ1) is 13.0. The predicted octanol–water partition coefficient (Wildman–Crippen LogP) is 2.20. The third kappa shape index (κ3) is 2.89. The monoisotopic (exact) mass is 261 g/mol. The number of halogens is 1. The van der Waals surface area contributed by atoms with Gasteiger partial charge in [0.2, 0.25) is 0 Å². The van der Waals surface area contributed by atoms with Crippen LogP contribution in [0.4, 0.5) is 10.1 Å². The number of aliphatic hydroxyl groups is 1. The number of amides is 1. The van der Waals surface area contributed by atoms with Crippen LogP contribution >= 0.6 is 0 Å². The van der Waals surface area contributed by atoms with Crippen LogP contribution in [0.2, 0.25) is 0 Å². The number of carbonyl (C=O) groups excluding carboxylic acids is 1. The third-order valence-electron chi connectivity index (χ3n) is 2.60. The topological polar surface area (TPSA) is 69.6 Å². The molecule has 0 spiro atoms. The number of carbonyl (C=O) groups is 1. The second-order valence-electron chi connectivity index (χ2n) is 3.94. The summed E-state index contributed by atoms with van der Waals surface area (Å²) >= 11 is 0. The summed E-state index contributed by atoms with van der Waals surface area (Å²) in [6.07, 6.45) is -1.43. The van der Waals surface area contributed by atoms with E-state index in [0.29, 0.717) is 5.56 Å². The van der Waals surface area contributed by atoms with Crippen molar-refractivity contribution in [2.45, 2.75) is 6.10 Å². The highest BCUT2D eigenvalue weighted by atomic mass is 19.1. The maximum absolute atomic E-state index is 13.4. The summed E-state index contributed by atoms with van der Waals surface area (Å²) < 4.78 is 13.4. The van der Waals surface area contributed by atoms with Gasteiger partial charge in [-0.15, -0.1) is 0 Å². The van der Waals surface area contributed by atoms with Gasteiger partial charge in [-0.2, -0.15) is 0 Å². The number of para-hydroxylation sites is 1. The molecular formula is C14H12FNO3. The predicted molar refractivity (Wildman–Crippen MR) is 68.1 cm³/mol. The van der Waals surface area contributed by atoms with Crippen molar-refractivity contribution in [3.63, 3.8) is 0 Å². The third-order valence-corrected chi connectivity index (χ3v) is 2.60. The molecular weight excluding hydrogens is 249 g/mol. The standard InChI is InChI=1S/C14H12FNO3/c15-10-7-4-8-11(17)12(10)16-14(19)13(18)9-5-2-1-3-6-9/h1-8,13,17-18H,(H,16,19)/t13-/m0/s1. The van der Waals surface area contributed by atoms with Crippen molar-refractivity contribution < 1.29 is 19.4 Å². The largest absolute Gasteiger partial charge is 0.506 e. The Morgan fingerprint density at radius 2 is 1.79 bits per heavy atom. The number of phenolic OH excluding ortho intramolecular Hbond substituents is 1. The molecule has 3 N–H and O–H groups in total. The van der Waals surface area contributed by atoms with E-state index in [4.69, 9.17) is 0 Å². The maximum Gasteiger partial charge on any atom is 0.258 e. The molecule has 1 amide bonds. The molecule has 2 aromatic carbocycles. The zero-order valence-corrected chi connectivity index (χ0v) is 9.88. The minimum atomic E-state index is -1.43. The number of hydrogen-bond acceptors (Lipinski definition) is 3.